The van der Waals surface area contributed by atoms with Crippen molar-refractivity contribution in [3.8, 4) is 0 Å². The largest absolute Gasteiger partial charge is 0.391 e. The van der Waals surface area contributed by atoms with Gasteiger partial charge in [0.25, 0.3) is 0 Å². The molecule has 1 fully saturated rings. The van der Waals surface area contributed by atoms with Crippen LogP contribution in [0.25, 0.3) is 5.65 Å². The fourth-order valence-corrected chi connectivity index (χ4v) is 4.58. The Morgan fingerprint density at radius 3 is 2.87 bits per heavy atom. The zero-order valence-corrected chi connectivity index (χ0v) is 18.8. The summed E-state index contributed by atoms with van der Waals surface area (Å²) in [4.78, 5) is 10.6. The first kappa shape index (κ1) is 21.0. The first-order valence-corrected chi connectivity index (χ1v) is 11.4. The molecule has 0 radical (unpaired) electrons. The maximum atomic E-state index is 10.2. The highest BCUT2D eigenvalue weighted by atomic mass is 32.1. The van der Waals surface area contributed by atoms with Crippen LogP contribution in [0, 0.1) is 12.8 Å². The van der Waals surface area contributed by atoms with Crippen molar-refractivity contribution in [2.75, 3.05) is 30.3 Å². The zero-order valence-electron chi connectivity index (χ0n) is 18.0. The van der Waals surface area contributed by atoms with Gasteiger partial charge in [-0.2, -0.15) is 9.61 Å². The van der Waals surface area contributed by atoms with Crippen LogP contribution in [0.15, 0.2) is 18.5 Å². The number of aromatic nitrogens is 4. The molecular formula is C21H31N7OS. The number of fused-ring (bicyclic) bond motifs is 1. The van der Waals surface area contributed by atoms with Gasteiger partial charge in [-0.3, -0.25) is 0 Å². The van der Waals surface area contributed by atoms with Crippen molar-refractivity contribution in [2.24, 2.45) is 5.92 Å². The molecule has 0 unspecified atom stereocenters. The molecule has 0 bridgehead atoms. The van der Waals surface area contributed by atoms with E-state index in [0.29, 0.717) is 19.0 Å². The molecule has 4 rings (SSSR count). The van der Waals surface area contributed by atoms with Gasteiger partial charge in [0.1, 0.15) is 16.6 Å². The molecule has 3 atom stereocenters. The molecule has 4 N–H and O–H groups in total. The lowest BCUT2D eigenvalue weighted by Crippen LogP contribution is -2.43. The first-order chi connectivity index (χ1) is 14.4. The van der Waals surface area contributed by atoms with Gasteiger partial charge in [0.15, 0.2) is 5.65 Å². The third kappa shape index (κ3) is 4.43. The second-order valence-corrected chi connectivity index (χ2v) is 9.66. The third-order valence-electron chi connectivity index (χ3n) is 5.63. The summed E-state index contributed by atoms with van der Waals surface area (Å²) in [5.74, 6) is 2.21. The van der Waals surface area contributed by atoms with Gasteiger partial charge < -0.3 is 21.1 Å². The second kappa shape index (κ2) is 8.87. The number of aryl methyl sites for hydroxylation is 1. The molecule has 9 heteroatoms. The van der Waals surface area contributed by atoms with Crippen LogP contribution in [0.2, 0.25) is 0 Å². The summed E-state index contributed by atoms with van der Waals surface area (Å²) in [5.41, 5.74) is 1.97. The van der Waals surface area contributed by atoms with Crippen LogP contribution in [0.4, 0.5) is 11.6 Å². The quantitative estimate of drug-likeness (QED) is 0.458. The molecule has 3 aromatic rings. The fraction of sp³-hybridized carbons (Fsp3) is 0.571. The summed E-state index contributed by atoms with van der Waals surface area (Å²) >= 11 is 1.70. The molecule has 0 saturated carbocycles. The molecule has 0 amide bonds. The summed E-state index contributed by atoms with van der Waals surface area (Å²) in [6, 6.07) is 2.05. The molecule has 1 aliphatic heterocycles. The van der Waals surface area contributed by atoms with Crippen LogP contribution < -0.4 is 16.0 Å². The van der Waals surface area contributed by atoms with Crippen LogP contribution in [0.3, 0.4) is 0 Å². The Labute approximate surface area is 181 Å². The van der Waals surface area contributed by atoms with E-state index < -0.39 is 0 Å². The van der Waals surface area contributed by atoms with E-state index in [1.165, 1.54) is 4.88 Å². The summed E-state index contributed by atoms with van der Waals surface area (Å²) in [6.07, 6.45) is 4.42. The van der Waals surface area contributed by atoms with Crippen molar-refractivity contribution >= 4 is 28.6 Å². The monoisotopic (exact) mass is 429 g/mol. The number of rotatable bonds is 7. The Bertz CT molecular complexity index is 999. The molecule has 1 saturated heterocycles. The van der Waals surface area contributed by atoms with Gasteiger partial charge in [-0.1, -0.05) is 13.8 Å². The number of piperidine rings is 1. The zero-order chi connectivity index (χ0) is 21.3. The number of nitrogens with zero attached hydrogens (tertiary/aromatic N) is 4. The number of aliphatic hydroxyl groups excluding tert-OH is 1. The number of hydrogen-bond donors (Lipinski definition) is 4. The Hall–Kier alpha value is -2.23. The number of β-amino-alcohol motifs (C(OH)–C–C–N with tert-alkyl or cyclic N) is 1. The molecule has 3 aromatic heterocycles. The van der Waals surface area contributed by atoms with Crippen LogP contribution in [-0.2, 0) is 0 Å². The Balaban J connectivity index is 1.62. The number of aliphatic hydroxyl groups is 1. The Morgan fingerprint density at radius 1 is 1.33 bits per heavy atom. The number of thiazole rings is 1. The van der Waals surface area contributed by atoms with E-state index in [2.05, 4.69) is 53.7 Å². The highest BCUT2D eigenvalue weighted by Gasteiger charge is 2.23. The van der Waals surface area contributed by atoms with E-state index in [9.17, 15) is 5.11 Å². The average Bonchev–Trinajstić information content (AvgIpc) is 3.34. The maximum Gasteiger partial charge on any atom is 0.163 e. The van der Waals surface area contributed by atoms with Gasteiger partial charge >= 0.3 is 0 Å². The van der Waals surface area contributed by atoms with E-state index in [4.69, 9.17) is 4.98 Å². The smallest absolute Gasteiger partial charge is 0.163 e. The minimum absolute atomic E-state index is 0.0556. The fourth-order valence-electron chi connectivity index (χ4n) is 3.81. The van der Waals surface area contributed by atoms with Crippen LogP contribution in [0.1, 0.15) is 54.6 Å². The SMILES string of the molecule is Cc1cnc([C@H](C)Nc2cc(NC[C@H]3CCNC[C@@H]3O)nc3c(C(C)C)cnn23)s1. The molecule has 0 aromatic carbocycles. The van der Waals surface area contributed by atoms with E-state index in [0.717, 1.165) is 40.8 Å². The lowest BCUT2D eigenvalue weighted by atomic mass is 9.95. The summed E-state index contributed by atoms with van der Waals surface area (Å²) in [5, 5.41) is 26.1. The van der Waals surface area contributed by atoms with Crippen molar-refractivity contribution in [1.82, 2.24) is 24.9 Å². The van der Waals surface area contributed by atoms with Crippen LogP contribution in [0.5, 0.6) is 0 Å². The van der Waals surface area contributed by atoms with Gasteiger partial charge in [-0.25, -0.2) is 9.97 Å². The van der Waals surface area contributed by atoms with E-state index in [1.54, 1.807) is 11.3 Å². The number of anilines is 2. The van der Waals surface area contributed by atoms with Crippen LogP contribution >= 0.6 is 11.3 Å². The lowest BCUT2D eigenvalue weighted by molar-refractivity contribution is 0.0883. The molecular weight excluding hydrogens is 398 g/mol. The molecule has 1 aliphatic rings. The standard InChI is InChI=1S/C21H31N7OS/c1-12(2)16-10-25-28-19(26-14(4)21-24-8-13(3)30-21)7-18(27-20(16)28)23-9-15-5-6-22-11-17(15)29/h7-8,10,12,14-15,17,22,26,29H,5-6,9,11H2,1-4H3,(H,23,27)/t14-,15+,17-/m0/s1. The molecule has 8 nitrogen and oxygen atoms in total. The average molecular weight is 430 g/mol. The predicted molar refractivity (Wildman–Crippen MR) is 121 cm³/mol. The Kier molecular flexibility index (Phi) is 6.21. The van der Waals surface area contributed by atoms with Crippen molar-refractivity contribution < 1.29 is 5.11 Å². The van der Waals surface area contributed by atoms with E-state index in [-0.39, 0.29) is 18.1 Å². The minimum atomic E-state index is -0.332. The highest BCUT2D eigenvalue weighted by molar-refractivity contribution is 7.11. The van der Waals surface area contributed by atoms with Gasteiger partial charge in [0.2, 0.25) is 0 Å². The third-order valence-corrected chi connectivity index (χ3v) is 6.73. The predicted octanol–water partition coefficient (Wildman–Crippen LogP) is 3.17. The lowest BCUT2D eigenvalue weighted by Gasteiger charge is -2.28. The maximum absolute atomic E-state index is 10.2. The molecule has 0 aliphatic carbocycles. The summed E-state index contributed by atoms with van der Waals surface area (Å²) < 4.78 is 1.87. The van der Waals surface area contributed by atoms with E-state index in [1.807, 2.05) is 23.0 Å². The second-order valence-electron chi connectivity index (χ2n) is 8.39. The normalized spacial score (nSPS) is 20.6. The summed E-state index contributed by atoms with van der Waals surface area (Å²) in [6.45, 7) is 10.8. The van der Waals surface area contributed by atoms with Gasteiger partial charge in [-0.15, -0.1) is 11.3 Å². The van der Waals surface area contributed by atoms with Crippen molar-refractivity contribution in [3.63, 3.8) is 0 Å². The van der Waals surface area contributed by atoms with E-state index >= 15 is 0 Å². The Morgan fingerprint density at radius 2 is 2.17 bits per heavy atom. The number of nitrogens with one attached hydrogen (secondary N) is 3. The molecule has 0 spiro atoms. The first-order valence-electron chi connectivity index (χ1n) is 10.6. The van der Waals surface area contributed by atoms with Crippen molar-refractivity contribution in [1.29, 1.82) is 0 Å². The van der Waals surface area contributed by atoms with Gasteiger partial charge in [0.05, 0.1) is 18.3 Å². The topological polar surface area (TPSA) is 99.4 Å². The van der Waals surface area contributed by atoms with Gasteiger partial charge in [0, 0.05) is 41.7 Å². The molecule has 4 heterocycles. The highest BCUT2D eigenvalue weighted by Crippen LogP contribution is 2.28. The van der Waals surface area contributed by atoms with Gasteiger partial charge in [-0.05, 0) is 32.7 Å². The molecule has 30 heavy (non-hydrogen) atoms. The van der Waals surface area contributed by atoms with Crippen molar-refractivity contribution in [3.05, 3.63) is 33.9 Å². The van der Waals surface area contributed by atoms with Crippen LogP contribution in [-0.4, -0.2) is 50.4 Å². The summed E-state index contributed by atoms with van der Waals surface area (Å²) in [7, 11) is 0. The molecule has 162 valence electrons. The number of hydrogen-bond acceptors (Lipinski definition) is 8. The van der Waals surface area contributed by atoms with Crippen molar-refractivity contribution in [2.45, 2.75) is 52.2 Å². The minimum Gasteiger partial charge on any atom is -0.391 e.